The number of halogens is 1. The standard InChI is InChI=1S/C23H29ClN6O2S/c1-22(2)8-17-18(33(22)32)20(29-23(12-31)4-3-5-23)28-21(27-17)30-11-13-6-15(30)7-16(13)19-25-9-14(24)10-26-19/h9-10,13,15-16,31H,3-8,11-12H2,1-2H3,(H,27,28,29)/t13?,15?,16?,33-/m1/s1. The molecule has 2 aliphatic carbocycles. The summed E-state index contributed by atoms with van der Waals surface area (Å²) in [6, 6.07) is 0.334. The van der Waals surface area contributed by atoms with Crippen molar-refractivity contribution in [3.05, 3.63) is 28.9 Å². The van der Waals surface area contributed by atoms with Crippen LogP contribution in [0.1, 0.15) is 63.4 Å². The van der Waals surface area contributed by atoms with Crippen LogP contribution < -0.4 is 10.2 Å². The summed E-state index contributed by atoms with van der Waals surface area (Å²) >= 11 is 5.97. The van der Waals surface area contributed by atoms with Crippen molar-refractivity contribution in [2.75, 3.05) is 23.4 Å². The van der Waals surface area contributed by atoms with E-state index in [0.717, 1.165) is 55.1 Å². The van der Waals surface area contributed by atoms with Gasteiger partial charge in [0.25, 0.3) is 0 Å². The number of aliphatic hydroxyl groups is 1. The fourth-order valence-electron chi connectivity index (χ4n) is 5.96. The number of anilines is 2. The van der Waals surface area contributed by atoms with Gasteiger partial charge in [0.2, 0.25) is 5.95 Å². The minimum absolute atomic E-state index is 0.0499. The van der Waals surface area contributed by atoms with Gasteiger partial charge in [0, 0.05) is 37.3 Å². The fourth-order valence-corrected chi connectivity index (χ4v) is 7.48. The number of hydrogen-bond donors (Lipinski definition) is 2. The lowest BCUT2D eigenvalue weighted by Gasteiger charge is -2.42. The molecule has 2 aromatic heterocycles. The summed E-state index contributed by atoms with van der Waals surface area (Å²) in [5.74, 6) is 3.00. The molecule has 0 aromatic carbocycles. The Hall–Kier alpha value is -1.84. The number of nitrogens with zero attached hydrogens (tertiary/aromatic N) is 5. The van der Waals surface area contributed by atoms with Gasteiger partial charge in [0.05, 0.1) is 38.4 Å². The van der Waals surface area contributed by atoms with E-state index in [1.807, 2.05) is 13.8 Å². The van der Waals surface area contributed by atoms with E-state index in [0.29, 0.717) is 41.1 Å². The van der Waals surface area contributed by atoms with E-state index in [4.69, 9.17) is 21.6 Å². The molecule has 0 amide bonds. The van der Waals surface area contributed by atoms with Crippen LogP contribution in [-0.4, -0.2) is 58.7 Å². The van der Waals surface area contributed by atoms with Crippen molar-refractivity contribution >= 4 is 34.2 Å². The van der Waals surface area contributed by atoms with Crippen LogP contribution in [0.3, 0.4) is 0 Å². The molecule has 2 N–H and O–H groups in total. The number of aliphatic hydroxyl groups excluding tert-OH is 1. The summed E-state index contributed by atoms with van der Waals surface area (Å²) in [6.45, 7) is 4.95. The zero-order valence-electron chi connectivity index (χ0n) is 18.9. The second-order valence-corrected chi connectivity index (χ2v) is 13.2. The van der Waals surface area contributed by atoms with Gasteiger partial charge in [-0.1, -0.05) is 11.6 Å². The maximum absolute atomic E-state index is 13.3. The number of piperidine rings is 1. The van der Waals surface area contributed by atoms with Crippen molar-refractivity contribution in [3.8, 4) is 0 Å². The predicted octanol–water partition coefficient (Wildman–Crippen LogP) is 3.07. The SMILES string of the molecule is CC1(C)Cc2nc(N3CC4CC3CC4c3ncc(Cl)cn3)nc(NC3(CO)CCC3)c2[S@]1=O. The molecule has 0 radical (unpaired) electrons. The third-order valence-electron chi connectivity index (χ3n) is 7.97. The van der Waals surface area contributed by atoms with Gasteiger partial charge in [-0.05, 0) is 51.9 Å². The summed E-state index contributed by atoms with van der Waals surface area (Å²) in [7, 11) is -1.19. The molecule has 3 fully saturated rings. The zero-order valence-corrected chi connectivity index (χ0v) is 20.5. The molecular weight excluding hydrogens is 460 g/mol. The molecule has 2 aliphatic heterocycles. The van der Waals surface area contributed by atoms with Crippen LogP contribution in [-0.2, 0) is 17.2 Å². The highest BCUT2D eigenvalue weighted by molar-refractivity contribution is 7.87. The molecule has 10 heteroatoms. The third kappa shape index (κ3) is 3.46. The molecule has 6 rings (SSSR count). The molecule has 2 saturated carbocycles. The summed E-state index contributed by atoms with van der Waals surface area (Å²) in [5, 5.41) is 14.1. The Morgan fingerprint density at radius 2 is 2.00 bits per heavy atom. The lowest BCUT2D eigenvalue weighted by atomic mass is 9.77. The molecule has 8 nitrogen and oxygen atoms in total. The maximum atomic E-state index is 13.3. The van der Waals surface area contributed by atoms with E-state index in [-0.39, 0.29) is 16.9 Å². The van der Waals surface area contributed by atoms with Crippen LogP contribution in [0.25, 0.3) is 0 Å². The monoisotopic (exact) mass is 488 g/mol. The lowest BCUT2D eigenvalue weighted by Crippen LogP contribution is -2.49. The van der Waals surface area contributed by atoms with Crippen molar-refractivity contribution in [1.29, 1.82) is 0 Å². The molecule has 4 aliphatic rings. The topological polar surface area (TPSA) is 104 Å². The van der Waals surface area contributed by atoms with Crippen LogP contribution in [0.4, 0.5) is 11.8 Å². The fraction of sp³-hybridized carbons (Fsp3) is 0.652. The predicted molar refractivity (Wildman–Crippen MR) is 127 cm³/mol. The number of aromatic nitrogens is 4. The minimum Gasteiger partial charge on any atom is -0.394 e. The number of rotatable bonds is 5. The molecule has 4 atom stereocenters. The lowest BCUT2D eigenvalue weighted by molar-refractivity contribution is 0.143. The van der Waals surface area contributed by atoms with Crippen LogP contribution in [0.2, 0.25) is 5.02 Å². The molecule has 2 aromatic rings. The van der Waals surface area contributed by atoms with Crippen molar-refractivity contribution in [2.24, 2.45) is 5.92 Å². The zero-order chi connectivity index (χ0) is 23.0. The molecule has 176 valence electrons. The third-order valence-corrected chi connectivity index (χ3v) is 10.1. The van der Waals surface area contributed by atoms with E-state index in [1.54, 1.807) is 12.4 Å². The van der Waals surface area contributed by atoms with E-state index in [1.165, 1.54) is 0 Å². The van der Waals surface area contributed by atoms with Crippen molar-refractivity contribution in [2.45, 2.75) is 79.5 Å². The highest BCUT2D eigenvalue weighted by Gasteiger charge is 2.49. The van der Waals surface area contributed by atoms with Crippen molar-refractivity contribution < 1.29 is 9.32 Å². The van der Waals surface area contributed by atoms with Crippen molar-refractivity contribution in [1.82, 2.24) is 19.9 Å². The second kappa shape index (κ2) is 7.58. The second-order valence-electron chi connectivity index (χ2n) is 10.7. The molecule has 0 spiro atoms. The van der Waals surface area contributed by atoms with E-state index in [9.17, 15) is 9.32 Å². The Bertz CT molecular complexity index is 1120. The first kappa shape index (κ1) is 21.7. The molecule has 33 heavy (non-hydrogen) atoms. The first-order valence-electron chi connectivity index (χ1n) is 11.7. The van der Waals surface area contributed by atoms with Gasteiger partial charge in [-0.3, -0.25) is 4.21 Å². The Balaban J connectivity index is 1.31. The Kier molecular flexibility index (Phi) is 4.98. The van der Waals surface area contributed by atoms with Gasteiger partial charge in [-0.25, -0.2) is 15.0 Å². The van der Waals surface area contributed by atoms with Crippen molar-refractivity contribution in [3.63, 3.8) is 0 Å². The van der Waals surface area contributed by atoms with Gasteiger partial charge in [-0.15, -0.1) is 0 Å². The highest BCUT2D eigenvalue weighted by Crippen LogP contribution is 2.49. The number of fused-ring (bicyclic) bond motifs is 3. The van der Waals surface area contributed by atoms with Gasteiger partial charge in [0.1, 0.15) is 16.5 Å². The van der Waals surface area contributed by atoms with Gasteiger partial charge in [-0.2, -0.15) is 4.98 Å². The summed E-state index contributed by atoms with van der Waals surface area (Å²) in [5.41, 5.74) is 0.510. The highest BCUT2D eigenvalue weighted by atomic mass is 35.5. The minimum atomic E-state index is -1.19. The molecule has 2 bridgehead atoms. The first-order valence-corrected chi connectivity index (χ1v) is 13.3. The Labute approximate surface area is 201 Å². The van der Waals surface area contributed by atoms with Crippen LogP contribution in [0, 0.1) is 5.92 Å². The number of hydrogen-bond acceptors (Lipinski definition) is 8. The smallest absolute Gasteiger partial charge is 0.227 e. The molecule has 1 saturated heterocycles. The average Bonchev–Trinajstić information content (AvgIpc) is 3.43. The summed E-state index contributed by atoms with van der Waals surface area (Å²) in [6.07, 6.45) is 8.91. The average molecular weight is 489 g/mol. The first-order chi connectivity index (χ1) is 15.8. The van der Waals surface area contributed by atoms with E-state index in [2.05, 4.69) is 20.2 Å². The quantitative estimate of drug-likeness (QED) is 0.661. The van der Waals surface area contributed by atoms with Crippen LogP contribution in [0.15, 0.2) is 17.3 Å². The molecular formula is C23H29ClN6O2S. The Morgan fingerprint density at radius 3 is 2.61 bits per heavy atom. The maximum Gasteiger partial charge on any atom is 0.227 e. The van der Waals surface area contributed by atoms with Crippen LogP contribution >= 0.6 is 11.6 Å². The van der Waals surface area contributed by atoms with Crippen LogP contribution in [0.5, 0.6) is 0 Å². The summed E-state index contributed by atoms with van der Waals surface area (Å²) in [4.78, 5) is 21.8. The van der Waals surface area contributed by atoms with Gasteiger partial charge >= 0.3 is 0 Å². The van der Waals surface area contributed by atoms with Gasteiger partial charge in [0.15, 0.2) is 0 Å². The van der Waals surface area contributed by atoms with E-state index >= 15 is 0 Å². The summed E-state index contributed by atoms with van der Waals surface area (Å²) < 4.78 is 12.9. The van der Waals surface area contributed by atoms with Gasteiger partial charge < -0.3 is 15.3 Å². The Morgan fingerprint density at radius 1 is 1.24 bits per heavy atom. The number of nitrogens with one attached hydrogen (secondary N) is 1. The largest absolute Gasteiger partial charge is 0.394 e. The normalized spacial score (nSPS) is 30.8. The molecule has 3 unspecified atom stereocenters. The molecule has 4 heterocycles. The van der Waals surface area contributed by atoms with E-state index < -0.39 is 10.8 Å².